The molecule has 0 aromatic rings. The van der Waals surface area contributed by atoms with Gasteiger partial charge in [0, 0.05) is 28.4 Å². The summed E-state index contributed by atoms with van der Waals surface area (Å²) in [6.07, 6.45) is 3.92. The first-order chi connectivity index (χ1) is 6.78. The lowest BCUT2D eigenvalue weighted by Crippen LogP contribution is -2.20. The Hall–Kier alpha value is -0.0301. The molecule has 4 nitrogen and oxygen atoms in total. The lowest BCUT2D eigenvalue weighted by Gasteiger charge is -2.09. The van der Waals surface area contributed by atoms with Gasteiger partial charge in [0.25, 0.3) is 0 Å². The van der Waals surface area contributed by atoms with Crippen LogP contribution in [0.1, 0.15) is 12.8 Å². The lowest BCUT2D eigenvalue weighted by atomic mass is 9.77. The standard InChI is InChI=1S/C8H20B2O4/c1-11-9(12-2)7-5-6-8-10(13-3)14-4/h5-8H2,1-4H3. The van der Waals surface area contributed by atoms with Gasteiger partial charge in [-0.1, -0.05) is 12.8 Å². The fourth-order valence-corrected chi connectivity index (χ4v) is 1.29. The highest BCUT2D eigenvalue weighted by atomic mass is 16.6. The Balaban J connectivity index is 3.35. The fourth-order valence-electron chi connectivity index (χ4n) is 1.29. The summed E-state index contributed by atoms with van der Waals surface area (Å²) in [5, 5.41) is 0. The molecule has 0 aromatic heterocycles. The molecule has 0 bridgehead atoms. The molecule has 0 saturated carbocycles. The number of rotatable bonds is 9. The zero-order valence-corrected chi connectivity index (χ0v) is 9.62. The maximum atomic E-state index is 5.07. The summed E-state index contributed by atoms with van der Waals surface area (Å²) in [5.74, 6) is 0. The second-order valence-electron chi connectivity index (χ2n) is 3.09. The quantitative estimate of drug-likeness (QED) is 0.417. The van der Waals surface area contributed by atoms with E-state index in [9.17, 15) is 0 Å². The molecule has 0 heterocycles. The second kappa shape index (κ2) is 9.52. The van der Waals surface area contributed by atoms with Crippen LogP contribution in [0.2, 0.25) is 12.6 Å². The summed E-state index contributed by atoms with van der Waals surface area (Å²) in [6, 6.07) is 0. The van der Waals surface area contributed by atoms with Gasteiger partial charge in [-0.3, -0.25) is 0 Å². The van der Waals surface area contributed by atoms with Gasteiger partial charge in [-0.25, -0.2) is 0 Å². The van der Waals surface area contributed by atoms with Gasteiger partial charge in [0.05, 0.1) is 0 Å². The summed E-state index contributed by atoms with van der Waals surface area (Å²) in [5.41, 5.74) is 0. The van der Waals surface area contributed by atoms with Gasteiger partial charge in [0.2, 0.25) is 0 Å². The molecule has 0 fully saturated rings. The average Bonchev–Trinajstić information content (AvgIpc) is 2.24. The predicted molar refractivity (Wildman–Crippen MR) is 58.4 cm³/mol. The molecule has 0 amide bonds. The summed E-state index contributed by atoms with van der Waals surface area (Å²) < 4.78 is 20.3. The van der Waals surface area contributed by atoms with Crippen LogP contribution in [0, 0.1) is 0 Å². The van der Waals surface area contributed by atoms with Crippen molar-refractivity contribution >= 4 is 14.2 Å². The van der Waals surface area contributed by atoms with Gasteiger partial charge in [-0.2, -0.15) is 0 Å². The molecule has 14 heavy (non-hydrogen) atoms. The molecule has 0 atom stereocenters. The first kappa shape index (κ1) is 14.0. The molecule has 0 rings (SSSR count). The van der Waals surface area contributed by atoms with Crippen molar-refractivity contribution in [2.24, 2.45) is 0 Å². The Bertz CT molecular complexity index is 104. The molecule has 82 valence electrons. The van der Waals surface area contributed by atoms with Crippen molar-refractivity contribution in [3.05, 3.63) is 0 Å². The first-order valence-electron chi connectivity index (χ1n) is 4.89. The summed E-state index contributed by atoms with van der Waals surface area (Å²) in [7, 11) is 6.45. The third-order valence-electron chi connectivity index (χ3n) is 2.18. The number of hydrogen-bond donors (Lipinski definition) is 0. The zero-order chi connectivity index (χ0) is 10.8. The third kappa shape index (κ3) is 6.43. The largest absolute Gasteiger partial charge is 0.456 e. The summed E-state index contributed by atoms with van der Waals surface area (Å²) >= 11 is 0. The molecule has 0 aromatic carbocycles. The van der Waals surface area contributed by atoms with E-state index in [0.717, 1.165) is 25.5 Å². The van der Waals surface area contributed by atoms with E-state index in [0.29, 0.717) is 0 Å². The van der Waals surface area contributed by atoms with E-state index in [1.54, 1.807) is 28.4 Å². The fraction of sp³-hybridized carbons (Fsp3) is 1.00. The summed E-state index contributed by atoms with van der Waals surface area (Å²) in [6.45, 7) is 0. The Morgan fingerprint density at radius 3 is 1.14 bits per heavy atom. The minimum absolute atomic E-state index is 0.0847. The summed E-state index contributed by atoms with van der Waals surface area (Å²) in [4.78, 5) is 0. The number of unbranched alkanes of at least 4 members (excludes halogenated alkanes) is 1. The van der Waals surface area contributed by atoms with Gasteiger partial charge in [-0.05, 0) is 12.6 Å². The molecule has 0 aliphatic rings. The highest BCUT2D eigenvalue weighted by molar-refractivity contribution is 6.44. The normalized spacial score (nSPS) is 10.3. The van der Waals surface area contributed by atoms with Crippen molar-refractivity contribution in [1.82, 2.24) is 0 Å². The van der Waals surface area contributed by atoms with Crippen molar-refractivity contribution in [3.8, 4) is 0 Å². The highest BCUT2D eigenvalue weighted by Crippen LogP contribution is 2.08. The van der Waals surface area contributed by atoms with Crippen LogP contribution >= 0.6 is 0 Å². The zero-order valence-electron chi connectivity index (χ0n) is 9.62. The van der Waals surface area contributed by atoms with Crippen LogP contribution in [0.3, 0.4) is 0 Å². The van der Waals surface area contributed by atoms with E-state index in [1.165, 1.54) is 0 Å². The second-order valence-corrected chi connectivity index (χ2v) is 3.09. The molecule has 0 aliphatic heterocycles. The van der Waals surface area contributed by atoms with E-state index in [-0.39, 0.29) is 14.2 Å². The molecular formula is C8H20B2O4. The molecule has 0 radical (unpaired) electrons. The maximum absolute atomic E-state index is 5.07. The molecule has 0 N–H and O–H groups in total. The van der Waals surface area contributed by atoms with Crippen LogP contribution in [0.25, 0.3) is 0 Å². The third-order valence-corrected chi connectivity index (χ3v) is 2.18. The Morgan fingerprint density at radius 2 is 0.929 bits per heavy atom. The molecule has 0 spiro atoms. The Kier molecular flexibility index (Phi) is 9.50. The van der Waals surface area contributed by atoms with Crippen LogP contribution in [0.4, 0.5) is 0 Å². The van der Waals surface area contributed by atoms with Crippen LogP contribution < -0.4 is 0 Å². The van der Waals surface area contributed by atoms with Crippen molar-refractivity contribution in [2.45, 2.75) is 25.5 Å². The van der Waals surface area contributed by atoms with Gasteiger partial charge in [-0.15, -0.1) is 0 Å². The van der Waals surface area contributed by atoms with E-state index >= 15 is 0 Å². The van der Waals surface area contributed by atoms with Crippen LogP contribution in [-0.2, 0) is 18.6 Å². The Labute approximate surface area is 87.5 Å². The topological polar surface area (TPSA) is 36.9 Å². The molecule has 0 saturated heterocycles. The van der Waals surface area contributed by atoms with Crippen molar-refractivity contribution in [1.29, 1.82) is 0 Å². The number of hydrogen-bond acceptors (Lipinski definition) is 4. The molecule has 0 unspecified atom stereocenters. The molecular weight excluding hydrogens is 182 g/mol. The minimum atomic E-state index is -0.0847. The maximum Gasteiger partial charge on any atom is 0.456 e. The van der Waals surface area contributed by atoms with Crippen LogP contribution in [0.5, 0.6) is 0 Å². The van der Waals surface area contributed by atoms with E-state index < -0.39 is 0 Å². The van der Waals surface area contributed by atoms with E-state index in [2.05, 4.69) is 0 Å². The van der Waals surface area contributed by atoms with Gasteiger partial charge in [0.15, 0.2) is 0 Å². The lowest BCUT2D eigenvalue weighted by molar-refractivity contribution is 0.271. The van der Waals surface area contributed by atoms with Gasteiger partial charge >= 0.3 is 14.2 Å². The van der Waals surface area contributed by atoms with Crippen LogP contribution in [-0.4, -0.2) is 42.7 Å². The van der Waals surface area contributed by atoms with E-state index in [4.69, 9.17) is 18.6 Å². The van der Waals surface area contributed by atoms with Crippen molar-refractivity contribution in [2.75, 3.05) is 28.4 Å². The minimum Gasteiger partial charge on any atom is -0.414 e. The van der Waals surface area contributed by atoms with Crippen LogP contribution in [0.15, 0.2) is 0 Å². The van der Waals surface area contributed by atoms with Crippen molar-refractivity contribution < 1.29 is 18.6 Å². The first-order valence-corrected chi connectivity index (χ1v) is 4.89. The predicted octanol–water partition coefficient (Wildman–Crippen LogP) is 1.33. The highest BCUT2D eigenvalue weighted by Gasteiger charge is 2.16. The van der Waals surface area contributed by atoms with Crippen molar-refractivity contribution in [3.63, 3.8) is 0 Å². The molecule has 0 aliphatic carbocycles. The monoisotopic (exact) mass is 202 g/mol. The SMILES string of the molecule is COB(CCCCB(OC)OC)OC. The smallest absolute Gasteiger partial charge is 0.414 e. The van der Waals surface area contributed by atoms with E-state index in [1.807, 2.05) is 0 Å². The van der Waals surface area contributed by atoms with Gasteiger partial charge < -0.3 is 18.6 Å². The Morgan fingerprint density at radius 1 is 0.643 bits per heavy atom. The average molecular weight is 202 g/mol. The molecule has 6 heteroatoms. The van der Waals surface area contributed by atoms with Gasteiger partial charge in [0.1, 0.15) is 0 Å².